The molecule has 0 bridgehead atoms. The number of hydrogen-bond donors (Lipinski definition) is 0. The number of aromatic nitrogens is 2. The van der Waals surface area contributed by atoms with E-state index in [-0.39, 0.29) is 18.6 Å². The molecule has 1 amide bonds. The molecule has 0 saturated carbocycles. The average molecular weight is 588 g/mol. The van der Waals surface area contributed by atoms with Crippen molar-refractivity contribution in [3.05, 3.63) is 23.8 Å². The molecule has 45 heavy (non-hydrogen) atoms. The van der Waals surface area contributed by atoms with E-state index >= 15 is 0 Å². The molecule has 0 unspecified atom stereocenters. The molecule has 1 aromatic heterocycles. The van der Waals surface area contributed by atoms with Crippen LogP contribution in [0.15, 0.2) is 12.4 Å². The second-order valence-corrected chi connectivity index (χ2v) is 14.0. The van der Waals surface area contributed by atoms with Gasteiger partial charge in [-0.2, -0.15) is 8.42 Å². The molecule has 29 heteroatoms. The Morgan fingerprint density at radius 2 is 1.24 bits per heavy atom. The average Bonchev–Trinajstić information content (AvgIpc) is 2.89. The maximum Gasteiger partial charge on any atom is 0.410 e. The fraction of sp³-hybridized carbons (Fsp3) is 0.688. The van der Waals surface area contributed by atoms with E-state index in [1.165, 1.54) is 0 Å². The van der Waals surface area contributed by atoms with Crippen LogP contribution < -0.4 is 0 Å². The smallest absolute Gasteiger partial charge is 0.410 e. The van der Waals surface area contributed by atoms with E-state index in [4.69, 9.17) is 94.0 Å². The quantitative estimate of drug-likeness (QED) is 0.178. The van der Waals surface area contributed by atoms with Crippen LogP contribution in [-0.2, 0) is 25.6 Å². The Labute approximate surface area is 289 Å². The van der Waals surface area contributed by atoms with Crippen LogP contribution in [0, 0.1) is 0 Å². The SMILES string of the molecule is CC(C)(C)OC(=O)N1CCC(c2ncc(COS(C)(=O)=O)cn2)CC1.[B]B([B])B([B])B(B(B([B])[B])B([B])[B])B(B([B])[B])B([B])[B]. The van der Waals surface area contributed by atoms with Gasteiger partial charge in [0.15, 0.2) is 0 Å². The molecule has 0 aromatic carbocycles. The highest BCUT2D eigenvalue weighted by Crippen LogP contribution is 2.26. The summed E-state index contributed by atoms with van der Waals surface area (Å²) in [7, 11) is 59.7. The maximum absolute atomic E-state index is 12.1. The molecule has 0 atom stereocenters. The predicted octanol–water partition coefficient (Wildman–Crippen LogP) is -5.55. The lowest BCUT2D eigenvalue weighted by atomic mass is 8.39. The minimum Gasteiger partial charge on any atom is -0.444 e. The molecule has 1 aliphatic heterocycles. The molecule has 1 aromatic rings. The molecular formula is C16H25B20N3O5S. The number of rotatable bonds is 12. The Morgan fingerprint density at radius 1 is 0.822 bits per heavy atom. The third-order valence-corrected chi connectivity index (χ3v) is 7.78. The van der Waals surface area contributed by atoms with Crippen LogP contribution in [0.4, 0.5) is 4.79 Å². The van der Waals surface area contributed by atoms with E-state index < -0.39 is 73.2 Å². The summed E-state index contributed by atoms with van der Waals surface area (Å²) in [5, 5.41) is 0. The van der Waals surface area contributed by atoms with Crippen molar-refractivity contribution >= 4 is 159 Å². The summed E-state index contributed by atoms with van der Waals surface area (Å²) in [6.07, 6.45) is -1.76. The molecule has 2 rings (SSSR count). The van der Waals surface area contributed by atoms with Crippen molar-refractivity contribution < 1.29 is 22.1 Å². The highest BCUT2D eigenvalue weighted by molar-refractivity contribution is 8.19. The highest BCUT2D eigenvalue weighted by atomic mass is 32.2. The first-order valence-corrected chi connectivity index (χ1v) is 16.3. The summed E-state index contributed by atoms with van der Waals surface area (Å²) < 4.78 is 32.1. The number of amides is 1. The van der Waals surface area contributed by atoms with Crippen LogP contribution in [0.5, 0.6) is 0 Å². The van der Waals surface area contributed by atoms with Gasteiger partial charge in [0.05, 0.1) is 12.9 Å². The van der Waals surface area contributed by atoms with Crippen LogP contribution in [-0.4, -0.2) is 197 Å². The van der Waals surface area contributed by atoms with Gasteiger partial charge >= 0.3 is 6.09 Å². The second-order valence-electron chi connectivity index (χ2n) is 12.4. The summed E-state index contributed by atoms with van der Waals surface area (Å²) in [5.74, 6) is 0.871. The number of likely N-dealkylation sites (tertiary alicyclic amines) is 1. The molecule has 0 spiro atoms. The summed E-state index contributed by atoms with van der Waals surface area (Å²) in [5.41, 5.74) is 0.0985. The fourth-order valence-corrected chi connectivity index (χ4v) is 5.39. The highest BCUT2D eigenvalue weighted by Gasteiger charge is 2.44. The van der Waals surface area contributed by atoms with Crippen molar-refractivity contribution in [2.24, 2.45) is 0 Å². The van der Waals surface area contributed by atoms with E-state index in [2.05, 4.69) is 9.97 Å². The third-order valence-electron chi connectivity index (χ3n) is 7.23. The van der Waals surface area contributed by atoms with E-state index in [0.29, 0.717) is 24.5 Å². The van der Waals surface area contributed by atoms with Crippen molar-refractivity contribution in [1.82, 2.24) is 14.9 Å². The third kappa shape index (κ3) is 15.1. The number of ether oxygens (including phenoxy) is 1. The van der Waals surface area contributed by atoms with Crippen LogP contribution in [0.1, 0.15) is 50.9 Å². The molecule has 1 saturated heterocycles. The lowest BCUT2D eigenvalue weighted by Gasteiger charge is -2.42. The molecule has 22 radical (unpaired) electrons. The van der Waals surface area contributed by atoms with Crippen molar-refractivity contribution in [3.8, 4) is 0 Å². The van der Waals surface area contributed by atoms with Crippen molar-refractivity contribution in [2.45, 2.75) is 51.7 Å². The first-order chi connectivity index (χ1) is 20.6. The van der Waals surface area contributed by atoms with Gasteiger partial charge in [-0.15, -0.1) is 0 Å². The second kappa shape index (κ2) is 18.9. The minimum absolute atomic E-state index is 0.0732. The zero-order valence-corrected chi connectivity index (χ0v) is 27.4. The lowest BCUT2D eigenvalue weighted by Crippen LogP contribution is -2.80. The fourth-order valence-electron chi connectivity index (χ4n) is 5.04. The first-order valence-electron chi connectivity index (χ1n) is 14.5. The van der Waals surface area contributed by atoms with Crippen LogP contribution in [0.25, 0.3) is 0 Å². The van der Waals surface area contributed by atoms with Gasteiger partial charge in [-0.1, -0.05) is 0 Å². The van der Waals surface area contributed by atoms with E-state index in [0.717, 1.165) is 19.1 Å². The molecule has 8 nitrogen and oxygen atoms in total. The number of hydrogen-bond acceptors (Lipinski definition) is 7. The predicted molar refractivity (Wildman–Crippen MR) is 207 cm³/mol. The summed E-state index contributed by atoms with van der Waals surface area (Å²) in [6.45, 7) is 6.67. The molecule has 1 aliphatic rings. The van der Waals surface area contributed by atoms with Gasteiger partial charge in [-0.05, 0) is 33.6 Å². The largest absolute Gasteiger partial charge is 0.444 e. The molecule has 0 N–H and O–H groups in total. The van der Waals surface area contributed by atoms with Gasteiger partial charge in [-0.3, -0.25) is 4.18 Å². The maximum atomic E-state index is 12.1. The van der Waals surface area contributed by atoms with Gasteiger partial charge in [0.25, 0.3) is 10.1 Å². The zero-order valence-electron chi connectivity index (χ0n) is 26.6. The molecule has 0 aliphatic carbocycles. The van der Waals surface area contributed by atoms with Gasteiger partial charge in [0.1, 0.15) is 11.4 Å². The molecular weight excluding hydrogens is 562 g/mol. The van der Waals surface area contributed by atoms with Gasteiger partial charge < -0.3 is 9.64 Å². The lowest BCUT2D eigenvalue weighted by molar-refractivity contribution is 0.0203. The molecule has 1 fully saturated rings. The Morgan fingerprint density at radius 3 is 1.58 bits per heavy atom. The number of nitrogens with zero attached hydrogens (tertiary/aromatic N) is 3. The topological polar surface area (TPSA) is 98.7 Å². The first kappa shape index (κ1) is 42.6. The monoisotopic (exact) mass is 591 g/mol. The van der Waals surface area contributed by atoms with Crippen LogP contribution >= 0.6 is 0 Å². The molecule has 200 valence electrons. The van der Waals surface area contributed by atoms with Gasteiger partial charge in [-0.25, -0.2) is 14.8 Å². The summed E-state index contributed by atoms with van der Waals surface area (Å²) in [4.78, 5) is 22.4. The zero-order chi connectivity index (χ0) is 34.9. The van der Waals surface area contributed by atoms with Gasteiger partial charge in [0.2, 0.25) is 0 Å². The van der Waals surface area contributed by atoms with Crippen LogP contribution in [0.2, 0.25) is 0 Å². The van der Waals surface area contributed by atoms with E-state index in [9.17, 15) is 13.2 Å². The Hall–Kier alpha value is -0.441. The Bertz CT molecular complexity index is 1100. The Balaban J connectivity index is 0.000000463. The summed E-state index contributed by atoms with van der Waals surface area (Å²) >= 11 is 0. The van der Waals surface area contributed by atoms with Crippen molar-refractivity contribution in [2.75, 3.05) is 19.3 Å². The van der Waals surface area contributed by atoms with Crippen molar-refractivity contribution in [1.29, 1.82) is 0 Å². The summed E-state index contributed by atoms with van der Waals surface area (Å²) in [6, 6.07) is 0. The number of carbonyl (C=O) groups excluding carboxylic acids is 1. The van der Waals surface area contributed by atoms with E-state index in [1.807, 2.05) is 20.8 Å². The molecule has 2 heterocycles. The Kier molecular flexibility index (Phi) is 17.9. The number of carbonyl (C=O) groups is 1. The van der Waals surface area contributed by atoms with Crippen molar-refractivity contribution in [3.63, 3.8) is 0 Å². The normalized spacial score (nSPS) is 13.4. The van der Waals surface area contributed by atoms with Gasteiger partial charge in [0, 0.05) is 180 Å². The number of piperidine rings is 1. The van der Waals surface area contributed by atoms with Crippen LogP contribution in [0.3, 0.4) is 0 Å². The standard InChI is InChI=1S/C16H25N3O5S.B20/c1-16(2,3)24-15(20)19-7-5-13(6-8-19)14-17-9-12(10-18-14)11-23-25(4,21)22;1-12(2)17(11)20(18(13(3)4)14(5)6)19(15(7)8)16(9)10/h9-10,13H,5-8,11H2,1-4H3;. The minimum atomic E-state index is -3.49. The van der Waals surface area contributed by atoms with E-state index in [1.54, 1.807) is 17.3 Å².